The predicted molar refractivity (Wildman–Crippen MR) is 91.6 cm³/mol. The second kappa shape index (κ2) is 7.45. The van der Waals surface area contributed by atoms with Gasteiger partial charge in [-0.3, -0.25) is 9.69 Å². The van der Waals surface area contributed by atoms with E-state index in [9.17, 15) is 9.18 Å². The third-order valence-corrected chi connectivity index (χ3v) is 4.34. The monoisotopic (exact) mass is 328 g/mol. The maximum atomic E-state index is 12.9. The number of halogens is 1. The van der Waals surface area contributed by atoms with E-state index in [1.807, 2.05) is 12.1 Å². The van der Waals surface area contributed by atoms with Crippen molar-refractivity contribution in [1.29, 1.82) is 0 Å². The lowest BCUT2D eigenvalue weighted by atomic mass is 10.0. The van der Waals surface area contributed by atoms with Gasteiger partial charge in [-0.25, -0.2) is 4.39 Å². The number of likely N-dealkylation sites (tertiary alicyclic amines) is 1. The van der Waals surface area contributed by atoms with Crippen molar-refractivity contribution in [2.75, 3.05) is 25.5 Å². The third-order valence-electron chi connectivity index (χ3n) is 4.34. The summed E-state index contributed by atoms with van der Waals surface area (Å²) in [6.07, 6.45) is 2.11. The Bertz CT molecular complexity index is 686. The van der Waals surface area contributed by atoms with E-state index in [0.717, 1.165) is 25.1 Å². The molecule has 126 valence electrons. The molecule has 24 heavy (non-hydrogen) atoms. The fourth-order valence-corrected chi connectivity index (χ4v) is 3.14. The highest BCUT2D eigenvalue weighted by Gasteiger charge is 2.27. The van der Waals surface area contributed by atoms with Gasteiger partial charge in [-0.1, -0.05) is 12.1 Å². The Kier molecular flexibility index (Phi) is 5.11. The van der Waals surface area contributed by atoms with Crippen LogP contribution >= 0.6 is 0 Å². The summed E-state index contributed by atoms with van der Waals surface area (Å²) in [5, 5.41) is 2.82. The first-order valence-electron chi connectivity index (χ1n) is 8.09. The number of hydrogen-bond acceptors (Lipinski definition) is 3. The standard InChI is InChI=1S/C19H21FN2O2/c1-24-17-10-4-14(5-11-17)18-3-2-12-22(18)13-19(23)21-16-8-6-15(20)7-9-16/h4-11,18H,2-3,12-13H2,1H3,(H,21,23)/t18-/m0/s1. The van der Waals surface area contributed by atoms with Crippen LogP contribution in [0.25, 0.3) is 0 Å². The molecule has 0 aliphatic carbocycles. The minimum absolute atomic E-state index is 0.0815. The van der Waals surface area contributed by atoms with Crippen LogP contribution in [-0.2, 0) is 4.79 Å². The van der Waals surface area contributed by atoms with E-state index in [4.69, 9.17) is 4.74 Å². The molecule has 0 aromatic heterocycles. The van der Waals surface area contributed by atoms with Crippen LogP contribution < -0.4 is 10.1 Å². The maximum absolute atomic E-state index is 12.9. The number of anilines is 1. The molecule has 0 spiro atoms. The number of amides is 1. The number of benzene rings is 2. The molecule has 0 bridgehead atoms. The van der Waals surface area contributed by atoms with E-state index in [0.29, 0.717) is 12.2 Å². The summed E-state index contributed by atoms with van der Waals surface area (Å²) in [6, 6.07) is 14.1. The van der Waals surface area contributed by atoms with Gasteiger partial charge in [0.2, 0.25) is 5.91 Å². The Morgan fingerprint density at radius 2 is 1.92 bits per heavy atom. The fourth-order valence-electron chi connectivity index (χ4n) is 3.14. The number of nitrogens with one attached hydrogen (secondary N) is 1. The minimum atomic E-state index is -0.313. The highest BCUT2D eigenvalue weighted by molar-refractivity contribution is 5.92. The van der Waals surface area contributed by atoms with E-state index in [2.05, 4.69) is 22.3 Å². The first-order chi connectivity index (χ1) is 11.7. The molecule has 1 saturated heterocycles. The van der Waals surface area contributed by atoms with Crippen molar-refractivity contribution in [3.05, 3.63) is 59.9 Å². The number of carbonyl (C=O) groups is 1. The molecule has 1 aliphatic heterocycles. The van der Waals surface area contributed by atoms with Gasteiger partial charge in [0.25, 0.3) is 0 Å². The average Bonchev–Trinajstić information content (AvgIpc) is 3.05. The Labute approximate surface area is 141 Å². The normalized spacial score (nSPS) is 17.7. The second-order valence-electron chi connectivity index (χ2n) is 5.96. The Morgan fingerprint density at radius 1 is 1.21 bits per heavy atom. The van der Waals surface area contributed by atoms with Crippen molar-refractivity contribution >= 4 is 11.6 Å². The van der Waals surface area contributed by atoms with Crippen LogP contribution in [0.4, 0.5) is 10.1 Å². The van der Waals surface area contributed by atoms with Gasteiger partial charge in [0.1, 0.15) is 11.6 Å². The molecule has 5 heteroatoms. The lowest BCUT2D eigenvalue weighted by Crippen LogP contribution is -2.32. The number of nitrogens with zero attached hydrogens (tertiary/aromatic N) is 1. The number of hydrogen-bond donors (Lipinski definition) is 1. The number of rotatable bonds is 5. The van der Waals surface area contributed by atoms with Gasteiger partial charge < -0.3 is 10.1 Å². The largest absolute Gasteiger partial charge is 0.497 e. The molecule has 0 saturated carbocycles. The van der Waals surface area contributed by atoms with Crippen molar-refractivity contribution in [3.8, 4) is 5.75 Å². The summed E-state index contributed by atoms with van der Waals surface area (Å²) in [4.78, 5) is 14.4. The summed E-state index contributed by atoms with van der Waals surface area (Å²) in [5.74, 6) is 0.437. The van der Waals surface area contributed by atoms with Crippen LogP contribution in [0.1, 0.15) is 24.4 Å². The van der Waals surface area contributed by atoms with Crippen molar-refractivity contribution in [3.63, 3.8) is 0 Å². The lowest BCUT2D eigenvalue weighted by Gasteiger charge is -2.24. The molecular formula is C19H21FN2O2. The van der Waals surface area contributed by atoms with Gasteiger partial charge in [-0.15, -0.1) is 0 Å². The number of ether oxygens (including phenoxy) is 1. The highest BCUT2D eigenvalue weighted by Crippen LogP contribution is 2.32. The fraction of sp³-hybridized carbons (Fsp3) is 0.316. The van der Waals surface area contributed by atoms with Crippen LogP contribution in [0, 0.1) is 5.82 Å². The molecule has 4 nitrogen and oxygen atoms in total. The molecule has 1 amide bonds. The third kappa shape index (κ3) is 3.92. The van der Waals surface area contributed by atoms with Crippen LogP contribution in [0.2, 0.25) is 0 Å². The van der Waals surface area contributed by atoms with Gasteiger partial charge in [-0.2, -0.15) is 0 Å². The molecule has 1 N–H and O–H groups in total. The minimum Gasteiger partial charge on any atom is -0.497 e. The molecule has 0 unspecified atom stereocenters. The van der Waals surface area contributed by atoms with E-state index in [1.54, 1.807) is 19.2 Å². The molecule has 1 heterocycles. The summed E-state index contributed by atoms with van der Waals surface area (Å²) >= 11 is 0. The predicted octanol–water partition coefficient (Wildman–Crippen LogP) is 3.61. The molecule has 2 aromatic carbocycles. The summed E-state index contributed by atoms with van der Waals surface area (Å²) < 4.78 is 18.1. The molecule has 0 radical (unpaired) electrons. The van der Waals surface area contributed by atoms with E-state index in [-0.39, 0.29) is 17.8 Å². The Morgan fingerprint density at radius 3 is 2.58 bits per heavy atom. The summed E-state index contributed by atoms with van der Waals surface area (Å²) in [6.45, 7) is 1.22. The molecule has 3 rings (SSSR count). The number of methoxy groups -OCH3 is 1. The van der Waals surface area contributed by atoms with Crippen molar-refractivity contribution < 1.29 is 13.9 Å². The molecule has 1 atom stereocenters. The quantitative estimate of drug-likeness (QED) is 0.912. The first-order valence-corrected chi connectivity index (χ1v) is 8.09. The Balaban J connectivity index is 1.62. The van der Waals surface area contributed by atoms with Gasteiger partial charge in [-0.05, 0) is 61.3 Å². The average molecular weight is 328 g/mol. The zero-order valence-corrected chi connectivity index (χ0v) is 13.7. The molecule has 1 fully saturated rings. The van der Waals surface area contributed by atoms with Crippen molar-refractivity contribution in [1.82, 2.24) is 4.90 Å². The number of carbonyl (C=O) groups excluding carboxylic acids is 1. The lowest BCUT2D eigenvalue weighted by molar-refractivity contribution is -0.117. The van der Waals surface area contributed by atoms with Crippen molar-refractivity contribution in [2.45, 2.75) is 18.9 Å². The smallest absolute Gasteiger partial charge is 0.238 e. The molecule has 1 aliphatic rings. The molecule has 2 aromatic rings. The van der Waals surface area contributed by atoms with Gasteiger partial charge in [0, 0.05) is 11.7 Å². The maximum Gasteiger partial charge on any atom is 0.238 e. The SMILES string of the molecule is COc1ccc([C@@H]2CCCN2CC(=O)Nc2ccc(F)cc2)cc1. The molecular weight excluding hydrogens is 307 g/mol. The summed E-state index contributed by atoms with van der Waals surface area (Å²) in [5.41, 5.74) is 1.81. The van der Waals surface area contributed by atoms with Gasteiger partial charge in [0.15, 0.2) is 0 Å². The summed E-state index contributed by atoms with van der Waals surface area (Å²) in [7, 11) is 1.65. The van der Waals surface area contributed by atoms with E-state index in [1.165, 1.54) is 17.7 Å². The van der Waals surface area contributed by atoms with Gasteiger partial charge >= 0.3 is 0 Å². The van der Waals surface area contributed by atoms with Crippen LogP contribution in [0.15, 0.2) is 48.5 Å². The zero-order valence-electron chi connectivity index (χ0n) is 13.7. The van der Waals surface area contributed by atoms with E-state index < -0.39 is 0 Å². The zero-order chi connectivity index (χ0) is 16.9. The second-order valence-corrected chi connectivity index (χ2v) is 5.96. The van der Waals surface area contributed by atoms with E-state index >= 15 is 0 Å². The van der Waals surface area contributed by atoms with Gasteiger partial charge in [0.05, 0.1) is 13.7 Å². The van der Waals surface area contributed by atoms with Crippen molar-refractivity contribution in [2.24, 2.45) is 0 Å². The van der Waals surface area contributed by atoms with Crippen LogP contribution in [0.3, 0.4) is 0 Å². The highest BCUT2D eigenvalue weighted by atomic mass is 19.1. The first kappa shape index (κ1) is 16.5. The van der Waals surface area contributed by atoms with Crippen LogP contribution in [0.5, 0.6) is 5.75 Å². The topological polar surface area (TPSA) is 41.6 Å². The Hall–Kier alpha value is -2.40. The van der Waals surface area contributed by atoms with Crippen LogP contribution in [-0.4, -0.2) is 31.0 Å².